The van der Waals surface area contributed by atoms with E-state index >= 15 is 0 Å². The summed E-state index contributed by atoms with van der Waals surface area (Å²) >= 11 is 0. The fourth-order valence-electron chi connectivity index (χ4n) is 6.28. The molecule has 0 aliphatic rings. The highest BCUT2D eigenvalue weighted by Gasteiger charge is 2.33. The van der Waals surface area contributed by atoms with E-state index in [-0.39, 0.29) is 69.3 Å². The summed E-state index contributed by atoms with van der Waals surface area (Å²) in [6.45, 7) is 21.3. The molecular formula is C39H57N9O12. The van der Waals surface area contributed by atoms with Gasteiger partial charge < -0.3 is 16.0 Å². The third-order valence-electron chi connectivity index (χ3n) is 10.5. The molecule has 0 saturated carbocycles. The normalized spacial score (nSPS) is 10.7. The molecule has 3 aromatic carbocycles. The Morgan fingerprint density at radius 1 is 0.383 bits per heavy atom. The molecule has 0 fully saturated rings. The smallest absolute Gasteiger partial charge is 0.302 e. The Labute approximate surface area is 348 Å². The zero-order valence-electron chi connectivity index (χ0n) is 36.3. The van der Waals surface area contributed by atoms with E-state index in [9.17, 15) is 60.7 Å². The summed E-state index contributed by atoms with van der Waals surface area (Å²) in [4.78, 5) is 63.9. The van der Waals surface area contributed by atoms with Crippen LogP contribution in [0.15, 0.2) is 18.2 Å². The van der Waals surface area contributed by atoms with Crippen LogP contribution in [-0.2, 0) is 0 Å². The summed E-state index contributed by atoms with van der Waals surface area (Å²) in [6.07, 6.45) is 4.40. The number of hydrogen-bond acceptors (Lipinski definition) is 15. The van der Waals surface area contributed by atoms with Gasteiger partial charge in [-0.3, -0.25) is 60.7 Å². The van der Waals surface area contributed by atoms with Crippen molar-refractivity contribution in [3.05, 3.63) is 112 Å². The van der Waals surface area contributed by atoms with Gasteiger partial charge in [0.05, 0.1) is 29.5 Å². The van der Waals surface area contributed by atoms with Gasteiger partial charge in [-0.25, -0.2) is 0 Å². The lowest BCUT2D eigenvalue weighted by Crippen LogP contribution is -2.19. The molecule has 0 unspecified atom stereocenters. The zero-order chi connectivity index (χ0) is 46.3. The summed E-state index contributed by atoms with van der Waals surface area (Å²) in [7, 11) is 0. The molecule has 0 aliphatic heterocycles. The van der Waals surface area contributed by atoms with E-state index in [0.717, 1.165) is 38.5 Å². The van der Waals surface area contributed by atoms with Gasteiger partial charge in [0.25, 0.3) is 17.1 Å². The van der Waals surface area contributed by atoms with Gasteiger partial charge in [-0.1, -0.05) is 41.5 Å². The van der Waals surface area contributed by atoms with E-state index in [1.54, 1.807) is 41.5 Å². The van der Waals surface area contributed by atoms with Crippen LogP contribution in [-0.4, -0.2) is 47.7 Å². The predicted molar refractivity (Wildman–Crippen MR) is 232 cm³/mol. The molecule has 3 rings (SSSR count). The summed E-state index contributed by atoms with van der Waals surface area (Å²) in [5.41, 5.74) is 1.67. The third kappa shape index (κ3) is 12.7. The quantitative estimate of drug-likeness (QED) is 0.0792. The zero-order valence-corrected chi connectivity index (χ0v) is 36.3. The molecule has 0 atom stereocenters. The summed E-state index contributed by atoms with van der Waals surface area (Å²) in [6, 6.07) is 4.05. The van der Waals surface area contributed by atoms with Gasteiger partial charge >= 0.3 is 17.1 Å². The van der Waals surface area contributed by atoms with Crippen molar-refractivity contribution in [3.8, 4) is 0 Å². The van der Waals surface area contributed by atoms with Gasteiger partial charge in [0.1, 0.15) is 0 Å². The van der Waals surface area contributed by atoms with Crippen LogP contribution in [0.3, 0.4) is 0 Å². The molecule has 330 valence electrons. The average Bonchev–Trinajstić information content (AvgIpc) is 3.18. The summed E-state index contributed by atoms with van der Waals surface area (Å²) < 4.78 is 0. The molecule has 0 aliphatic carbocycles. The third-order valence-corrected chi connectivity index (χ3v) is 10.5. The average molecular weight is 844 g/mol. The van der Waals surface area contributed by atoms with Crippen molar-refractivity contribution in [2.45, 2.75) is 140 Å². The van der Waals surface area contributed by atoms with Crippen molar-refractivity contribution >= 4 is 51.2 Å². The minimum absolute atomic E-state index is 0.0109. The second kappa shape index (κ2) is 23.2. The first kappa shape index (κ1) is 51.5. The molecule has 21 nitrogen and oxygen atoms in total. The Hall–Kier alpha value is -6.54. The molecule has 0 amide bonds. The van der Waals surface area contributed by atoms with Crippen molar-refractivity contribution in [2.24, 2.45) is 0 Å². The highest BCUT2D eigenvalue weighted by atomic mass is 16.6. The van der Waals surface area contributed by atoms with Gasteiger partial charge in [0, 0.05) is 53.0 Å². The minimum Gasteiger partial charge on any atom is -0.371 e. The van der Waals surface area contributed by atoms with Crippen LogP contribution >= 0.6 is 0 Å². The van der Waals surface area contributed by atoms with Crippen molar-refractivity contribution in [3.63, 3.8) is 0 Å². The molecule has 0 spiro atoms. The van der Waals surface area contributed by atoms with Gasteiger partial charge in [-0.15, -0.1) is 0 Å². The Bertz CT molecular complexity index is 1850. The lowest BCUT2D eigenvalue weighted by Gasteiger charge is -2.17. The molecule has 0 bridgehead atoms. The molecule has 0 aromatic heterocycles. The van der Waals surface area contributed by atoms with Gasteiger partial charge in [-0.2, -0.15) is 0 Å². The monoisotopic (exact) mass is 843 g/mol. The maximum atomic E-state index is 11.3. The molecule has 0 heterocycles. The van der Waals surface area contributed by atoms with Crippen LogP contribution < -0.4 is 16.0 Å². The highest BCUT2D eigenvalue weighted by molar-refractivity contribution is 5.79. The Balaban J connectivity index is 0.000000450. The maximum absolute atomic E-state index is 11.3. The first-order valence-corrected chi connectivity index (χ1v) is 19.6. The molecule has 0 radical (unpaired) electrons. The second-order valence-corrected chi connectivity index (χ2v) is 14.2. The maximum Gasteiger partial charge on any atom is 0.302 e. The fourth-order valence-corrected chi connectivity index (χ4v) is 6.28. The largest absolute Gasteiger partial charge is 0.371 e. The van der Waals surface area contributed by atoms with E-state index in [0.29, 0.717) is 33.4 Å². The first-order chi connectivity index (χ1) is 28.0. The topological polar surface area (TPSA) is 295 Å². The van der Waals surface area contributed by atoms with Gasteiger partial charge in [0.15, 0.2) is 17.1 Å². The molecule has 60 heavy (non-hydrogen) atoms. The van der Waals surface area contributed by atoms with Crippen LogP contribution in [0, 0.1) is 102 Å². The number of aryl methyl sites for hydroxylation is 3. The number of nitro benzene ring substituents is 6. The van der Waals surface area contributed by atoms with Crippen molar-refractivity contribution in [1.29, 1.82) is 0 Å². The van der Waals surface area contributed by atoms with E-state index in [4.69, 9.17) is 0 Å². The van der Waals surface area contributed by atoms with Gasteiger partial charge in [-0.05, 0) is 96.8 Å². The summed E-state index contributed by atoms with van der Waals surface area (Å²) in [5.74, 6) is 0. The number of nitro groups is 6. The first-order valence-electron chi connectivity index (χ1n) is 19.6. The number of rotatable bonds is 18. The molecular weight excluding hydrogens is 786 g/mol. The number of benzene rings is 3. The van der Waals surface area contributed by atoms with Crippen LogP contribution in [0.2, 0.25) is 0 Å². The van der Waals surface area contributed by atoms with Crippen LogP contribution in [0.5, 0.6) is 0 Å². The van der Waals surface area contributed by atoms with Crippen LogP contribution in [0.4, 0.5) is 51.2 Å². The van der Waals surface area contributed by atoms with Crippen molar-refractivity contribution in [2.75, 3.05) is 16.0 Å². The predicted octanol–water partition coefficient (Wildman–Crippen LogP) is 11.2. The fraction of sp³-hybridized carbons (Fsp3) is 0.538. The molecule has 3 aromatic rings. The van der Waals surface area contributed by atoms with Crippen molar-refractivity contribution in [1.82, 2.24) is 0 Å². The number of anilines is 3. The SMILES string of the molecule is CCC(CC)Nc1c([N+](=O)[O-])cc(C)c(C)c1[N+](=O)[O-].CCC(CC)Nc1c([N+](=O)[O-])cc(C)c(C)c1[N+](=O)[O-].CCC(CC)Nc1c([N+](=O)[O-])cc(C)c(C)c1[N+](=O)[O-]. The standard InChI is InChI=1S/3C13H19N3O4/c3*1-5-10(6-2)14-12-11(15(17)18)7-8(3)9(4)13(12)16(19)20/h3*7,10,14H,5-6H2,1-4H3. The van der Waals surface area contributed by atoms with Crippen LogP contribution in [0.1, 0.15) is 113 Å². The number of hydrogen-bond donors (Lipinski definition) is 3. The molecule has 0 saturated heterocycles. The summed E-state index contributed by atoms with van der Waals surface area (Å²) in [5, 5.41) is 76.2. The number of nitrogens with zero attached hydrogens (tertiary/aromatic N) is 6. The Kier molecular flexibility index (Phi) is 19.9. The number of nitrogens with one attached hydrogen (secondary N) is 3. The van der Waals surface area contributed by atoms with Gasteiger partial charge in [0.2, 0.25) is 0 Å². The highest BCUT2D eigenvalue weighted by Crippen LogP contribution is 2.42. The minimum atomic E-state index is -0.579. The lowest BCUT2D eigenvalue weighted by atomic mass is 10.0. The Morgan fingerprint density at radius 3 is 0.700 bits per heavy atom. The van der Waals surface area contributed by atoms with Crippen LogP contribution in [0.25, 0.3) is 0 Å². The van der Waals surface area contributed by atoms with E-state index in [1.807, 2.05) is 41.5 Å². The molecule has 3 N–H and O–H groups in total. The van der Waals surface area contributed by atoms with E-state index < -0.39 is 29.5 Å². The van der Waals surface area contributed by atoms with E-state index in [1.165, 1.54) is 18.2 Å². The second-order valence-electron chi connectivity index (χ2n) is 14.2. The Morgan fingerprint density at radius 2 is 0.567 bits per heavy atom. The lowest BCUT2D eigenvalue weighted by molar-refractivity contribution is -0.393. The van der Waals surface area contributed by atoms with E-state index in [2.05, 4.69) is 16.0 Å². The van der Waals surface area contributed by atoms with Crippen molar-refractivity contribution < 1.29 is 29.5 Å². The molecule has 21 heteroatoms.